The first-order valence-electron chi connectivity index (χ1n) is 5.54. The minimum absolute atomic E-state index is 0.0526. The van der Waals surface area contributed by atoms with E-state index in [0.717, 1.165) is 32.7 Å². The summed E-state index contributed by atoms with van der Waals surface area (Å²) < 4.78 is 5.49. The van der Waals surface area contributed by atoms with Gasteiger partial charge in [-0.3, -0.25) is 4.90 Å². The lowest BCUT2D eigenvalue weighted by Gasteiger charge is -2.37. The molecule has 0 aliphatic carbocycles. The summed E-state index contributed by atoms with van der Waals surface area (Å²) in [6.07, 6.45) is 1.36. The lowest BCUT2D eigenvalue weighted by atomic mass is 9.88. The molecule has 0 bridgehead atoms. The summed E-state index contributed by atoms with van der Waals surface area (Å²) in [7, 11) is 0. The largest absolute Gasteiger partial charge is 0.396 e. The van der Waals surface area contributed by atoms with Gasteiger partial charge in [-0.2, -0.15) is 0 Å². The first-order chi connectivity index (χ1) is 6.59. The maximum atomic E-state index is 9.32. The fourth-order valence-electron chi connectivity index (χ4n) is 1.85. The number of rotatable bonds is 4. The normalized spacial score (nSPS) is 28.7. The number of aliphatic hydroxyl groups is 1. The van der Waals surface area contributed by atoms with E-state index in [1.165, 1.54) is 0 Å². The molecular formula is C11H23NO2. The Morgan fingerprint density at radius 2 is 2.29 bits per heavy atom. The smallest absolute Gasteiger partial charge is 0.0674 e. The van der Waals surface area contributed by atoms with Crippen LogP contribution in [0.4, 0.5) is 0 Å². The van der Waals surface area contributed by atoms with Crippen molar-refractivity contribution in [1.82, 2.24) is 4.90 Å². The van der Waals surface area contributed by atoms with Gasteiger partial charge in [-0.05, 0) is 13.3 Å². The summed E-state index contributed by atoms with van der Waals surface area (Å²) in [6.45, 7) is 10.5. The van der Waals surface area contributed by atoms with Crippen LogP contribution in [-0.2, 0) is 4.74 Å². The third-order valence-corrected chi connectivity index (χ3v) is 3.17. The predicted octanol–water partition coefficient (Wildman–Crippen LogP) is 1.12. The Labute approximate surface area is 87.1 Å². The summed E-state index contributed by atoms with van der Waals surface area (Å²) >= 11 is 0. The van der Waals surface area contributed by atoms with Gasteiger partial charge in [0, 0.05) is 31.7 Å². The summed E-state index contributed by atoms with van der Waals surface area (Å²) in [6, 6.07) is 0. The van der Waals surface area contributed by atoms with Crippen LogP contribution in [-0.4, -0.2) is 49.0 Å². The molecule has 3 heteroatoms. The molecule has 0 aromatic rings. The quantitative estimate of drug-likeness (QED) is 0.739. The summed E-state index contributed by atoms with van der Waals surface area (Å²) in [5.74, 6) is 0. The standard InChI is InChI=1S/C11H23NO2/c1-4-11(3,9-13)8-12-5-6-14-10(2)7-12/h10,13H,4-9H2,1-3H3. The van der Waals surface area contributed by atoms with Gasteiger partial charge in [-0.15, -0.1) is 0 Å². The van der Waals surface area contributed by atoms with Crippen molar-refractivity contribution in [1.29, 1.82) is 0 Å². The van der Waals surface area contributed by atoms with Gasteiger partial charge in [0.15, 0.2) is 0 Å². The summed E-state index contributed by atoms with van der Waals surface area (Å²) in [5, 5.41) is 9.32. The fourth-order valence-corrected chi connectivity index (χ4v) is 1.85. The van der Waals surface area contributed by atoms with Crippen molar-refractivity contribution in [3.8, 4) is 0 Å². The first kappa shape index (κ1) is 12.0. The van der Waals surface area contributed by atoms with Crippen molar-refractivity contribution in [2.75, 3.05) is 32.8 Å². The number of aliphatic hydroxyl groups excluding tert-OH is 1. The fraction of sp³-hybridized carbons (Fsp3) is 1.00. The van der Waals surface area contributed by atoms with E-state index in [4.69, 9.17) is 4.74 Å². The average molecular weight is 201 g/mol. The highest BCUT2D eigenvalue weighted by molar-refractivity contribution is 4.79. The van der Waals surface area contributed by atoms with Gasteiger partial charge in [-0.1, -0.05) is 13.8 Å². The topological polar surface area (TPSA) is 32.7 Å². The Balaban J connectivity index is 2.41. The van der Waals surface area contributed by atoms with Crippen LogP contribution in [0.15, 0.2) is 0 Å². The molecule has 1 saturated heterocycles. The van der Waals surface area contributed by atoms with Crippen LogP contribution < -0.4 is 0 Å². The van der Waals surface area contributed by atoms with Crippen molar-refractivity contribution in [2.45, 2.75) is 33.3 Å². The Morgan fingerprint density at radius 3 is 2.79 bits per heavy atom. The van der Waals surface area contributed by atoms with Crippen molar-refractivity contribution in [2.24, 2.45) is 5.41 Å². The Bertz CT molecular complexity index is 169. The predicted molar refractivity (Wildman–Crippen MR) is 57.3 cm³/mol. The molecule has 0 amide bonds. The van der Waals surface area contributed by atoms with Gasteiger partial charge in [0.2, 0.25) is 0 Å². The van der Waals surface area contributed by atoms with Crippen molar-refractivity contribution >= 4 is 0 Å². The van der Waals surface area contributed by atoms with Crippen molar-refractivity contribution in [3.63, 3.8) is 0 Å². The first-order valence-corrected chi connectivity index (χ1v) is 5.54. The molecule has 2 atom stereocenters. The van der Waals surface area contributed by atoms with Crippen molar-refractivity contribution in [3.05, 3.63) is 0 Å². The molecule has 1 aliphatic heterocycles. The molecule has 1 fully saturated rings. The number of ether oxygens (including phenoxy) is 1. The summed E-state index contributed by atoms with van der Waals surface area (Å²) in [4.78, 5) is 2.40. The zero-order valence-corrected chi connectivity index (χ0v) is 9.62. The van der Waals surface area contributed by atoms with Gasteiger partial charge < -0.3 is 9.84 Å². The van der Waals surface area contributed by atoms with Crippen molar-refractivity contribution < 1.29 is 9.84 Å². The third-order valence-electron chi connectivity index (χ3n) is 3.17. The highest BCUT2D eigenvalue weighted by atomic mass is 16.5. The second-order valence-electron chi connectivity index (χ2n) is 4.74. The lowest BCUT2D eigenvalue weighted by Crippen LogP contribution is -2.46. The SMILES string of the molecule is CCC(C)(CO)CN1CCOC(C)C1. The molecule has 14 heavy (non-hydrogen) atoms. The summed E-state index contributed by atoms with van der Waals surface area (Å²) in [5.41, 5.74) is 0.0526. The zero-order valence-electron chi connectivity index (χ0n) is 9.62. The molecule has 2 unspecified atom stereocenters. The molecule has 3 nitrogen and oxygen atoms in total. The number of morpholine rings is 1. The number of nitrogens with zero attached hydrogens (tertiary/aromatic N) is 1. The van der Waals surface area contributed by atoms with E-state index in [1.807, 2.05) is 0 Å². The van der Waals surface area contributed by atoms with Crippen LogP contribution in [0, 0.1) is 5.41 Å². The average Bonchev–Trinajstić information content (AvgIpc) is 2.18. The van der Waals surface area contributed by atoms with E-state index in [9.17, 15) is 5.11 Å². The minimum atomic E-state index is 0.0526. The molecule has 1 heterocycles. The molecule has 1 aliphatic rings. The maximum Gasteiger partial charge on any atom is 0.0674 e. The third kappa shape index (κ3) is 3.23. The Morgan fingerprint density at radius 1 is 1.57 bits per heavy atom. The molecule has 1 rings (SSSR count). The molecule has 0 radical (unpaired) electrons. The van der Waals surface area contributed by atoms with E-state index in [0.29, 0.717) is 6.10 Å². The lowest BCUT2D eigenvalue weighted by molar-refractivity contribution is -0.0373. The van der Waals surface area contributed by atoms with E-state index in [2.05, 4.69) is 25.7 Å². The zero-order chi connectivity index (χ0) is 10.6. The van der Waals surface area contributed by atoms with Crippen LogP contribution in [0.2, 0.25) is 0 Å². The number of hydrogen-bond donors (Lipinski definition) is 1. The van der Waals surface area contributed by atoms with E-state index in [-0.39, 0.29) is 12.0 Å². The van der Waals surface area contributed by atoms with E-state index >= 15 is 0 Å². The maximum absolute atomic E-state index is 9.32. The second kappa shape index (κ2) is 5.10. The van der Waals surface area contributed by atoms with E-state index < -0.39 is 0 Å². The van der Waals surface area contributed by atoms with Gasteiger partial charge in [0.05, 0.1) is 12.7 Å². The van der Waals surface area contributed by atoms with Gasteiger partial charge >= 0.3 is 0 Å². The van der Waals surface area contributed by atoms with Gasteiger partial charge in [0.1, 0.15) is 0 Å². The van der Waals surface area contributed by atoms with Crippen LogP contribution >= 0.6 is 0 Å². The van der Waals surface area contributed by atoms with E-state index in [1.54, 1.807) is 0 Å². The molecule has 0 aromatic carbocycles. The highest BCUT2D eigenvalue weighted by Crippen LogP contribution is 2.22. The highest BCUT2D eigenvalue weighted by Gasteiger charge is 2.26. The minimum Gasteiger partial charge on any atom is -0.396 e. The Hall–Kier alpha value is -0.120. The second-order valence-corrected chi connectivity index (χ2v) is 4.74. The van der Waals surface area contributed by atoms with Crippen LogP contribution in [0.25, 0.3) is 0 Å². The number of hydrogen-bond acceptors (Lipinski definition) is 3. The Kier molecular flexibility index (Phi) is 4.35. The van der Waals surface area contributed by atoms with Crippen LogP contribution in [0.1, 0.15) is 27.2 Å². The monoisotopic (exact) mass is 201 g/mol. The molecule has 0 aromatic heterocycles. The molecule has 84 valence electrons. The van der Waals surface area contributed by atoms with Crippen LogP contribution in [0.3, 0.4) is 0 Å². The van der Waals surface area contributed by atoms with Crippen LogP contribution in [0.5, 0.6) is 0 Å². The van der Waals surface area contributed by atoms with Gasteiger partial charge in [-0.25, -0.2) is 0 Å². The van der Waals surface area contributed by atoms with Gasteiger partial charge in [0.25, 0.3) is 0 Å². The molecular weight excluding hydrogens is 178 g/mol. The molecule has 0 spiro atoms. The molecule has 1 N–H and O–H groups in total. The molecule has 0 saturated carbocycles.